The second-order valence-corrected chi connectivity index (χ2v) is 9.96. The van der Waals surface area contributed by atoms with Gasteiger partial charge in [0, 0.05) is 17.5 Å². The number of hydrogen-bond acceptors (Lipinski definition) is 5. The van der Waals surface area contributed by atoms with Crippen LogP contribution in [0.15, 0.2) is 102 Å². The lowest BCUT2D eigenvalue weighted by Gasteiger charge is -2.22. The van der Waals surface area contributed by atoms with E-state index in [1.165, 1.54) is 11.8 Å². The topological polar surface area (TPSA) is 67.4 Å². The molecule has 1 amide bonds. The summed E-state index contributed by atoms with van der Waals surface area (Å²) < 4.78 is 5.41. The number of amides is 1. The molecule has 0 radical (unpaired) electrons. The van der Waals surface area contributed by atoms with Crippen molar-refractivity contribution >= 4 is 29.7 Å². The van der Waals surface area contributed by atoms with Crippen molar-refractivity contribution in [1.82, 2.24) is 10.6 Å². The lowest BCUT2D eigenvalue weighted by atomic mass is 10.0. The fourth-order valence-corrected chi connectivity index (χ4v) is 4.42. The van der Waals surface area contributed by atoms with Gasteiger partial charge in [0.2, 0.25) is 0 Å². The normalized spacial score (nSPS) is 12.1. The van der Waals surface area contributed by atoms with Gasteiger partial charge in [-0.15, -0.1) is 11.8 Å². The summed E-state index contributed by atoms with van der Waals surface area (Å²) in [5.41, 5.74) is 2.40. The predicted molar refractivity (Wildman–Crippen MR) is 148 cm³/mol. The zero-order chi connectivity index (χ0) is 25.6. The Morgan fingerprint density at radius 2 is 1.50 bits per heavy atom. The third-order valence-electron chi connectivity index (χ3n) is 5.35. The maximum absolute atomic E-state index is 13.2. The average Bonchev–Trinajstić information content (AvgIpc) is 2.90. The lowest BCUT2D eigenvalue weighted by Crippen LogP contribution is -2.43. The van der Waals surface area contributed by atoms with E-state index in [1.807, 2.05) is 97.1 Å². The van der Waals surface area contributed by atoms with E-state index >= 15 is 0 Å². The molecule has 0 bridgehead atoms. The van der Waals surface area contributed by atoms with Gasteiger partial charge in [0.15, 0.2) is 5.78 Å². The Morgan fingerprint density at radius 1 is 0.889 bits per heavy atom. The van der Waals surface area contributed by atoms with Crippen molar-refractivity contribution in [3.8, 4) is 0 Å². The quantitative estimate of drug-likeness (QED) is 0.211. The summed E-state index contributed by atoms with van der Waals surface area (Å²) in [4.78, 5) is 26.7. The molecule has 0 aromatic heterocycles. The molecule has 0 aliphatic rings. The second-order valence-electron chi connectivity index (χ2n) is 8.91. The van der Waals surface area contributed by atoms with Gasteiger partial charge in [0.25, 0.3) is 0 Å². The summed E-state index contributed by atoms with van der Waals surface area (Å²) in [7, 11) is 0. The molecule has 2 N–H and O–H groups in total. The molecule has 1 atom stereocenters. The lowest BCUT2D eigenvalue weighted by molar-refractivity contribution is -0.113. The fourth-order valence-electron chi connectivity index (χ4n) is 3.62. The van der Waals surface area contributed by atoms with E-state index in [0.29, 0.717) is 23.9 Å². The van der Waals surface area contributed by atoms with Crippen LogP contribution >= 0.6 is 11.8 Å². The number of carbonyl (C=O) groups is 2. The van der Waals surface area contributed by atoms with E-state index < -0.39 is 6.09 Å². The maximum Gasteiger partial charge on any atom is 0.407 e. The number of thioether (sulfide) groups is 1. The van der Waals surface area contributed by atoms with Crippen LogP contribution in [0.4, 0.5) is 4.79 Å². The molecule has 0 spiro atoms. The van der Waals surface area contributed by atoms with Gasteiger partial charge in [0.1, 0.15) is 6.61 Å². The summed E-state index contributed by atoms with van der Waals surface area (Å²) in [6.07, 6.45) is 2.15. The number of hydrogen-bond donors (Lipinski definition) is 2. The number of alkyl carbamates (subject to hydrolysis) is 1. The number of rotatable bonds is 13. The molecule has 0 saturated carbocycles. The van der Waals surface area contributed by atoms with Crippen LogP contribution in [0.25, 0.3) is 6.08 Å². The molecule has 3 aromatic carbocycles. The monoisotopic (exact) mass is 502 g/mol. The van der Waals surface area contributed by atoms with Crippen molar-refractivity contribution in [1.29, 1.82) is 0 Å². The number of Topliss-reactive ketones (excluding diaryl/α,β-unsaturated/α-hetero) is 1. The fraction of sp³-hybridized carbons (Fsp3) is 0.267. The van der Waals surface area contributed by atoms with Crippen molar-refractivity contribution < 1.29 is 14.3 Å². The van der Waals surface area contributed by atoms with Crippen LogP contribution in [0.2, 0.25) is 0 Å². The van der Waals surface area contributed by atoms with Crippen molar-refractivity contribution in [3.05, 3.63) is 108 Å². The Bertz CT molecular complexity index is 1100. The molecule has 0 aliphatic heterocycles. The van der Waals surface area contributed by atoms with Crippen molar-refractivity contribution in [2.24, 2.45) is 5.92 Å². The van der Waals surface area contributed by atoms with Gasteiger partial charge >= 0.3 is 6.09 Å². The third kappa shape index (κ3) is 10.0. The first-order chi connectivity index (χ1) is 17.5. The van der Waals surface area contributed by atoms with E-state index in [2.05, 4.69) is 24.5 Å². The van der Waals surface area contributed by atoms with Crippen molar-refractivity contribution in [2.75, 3.05) is 12.3 Å². The van der Waals surface area contributed by atoms with E-state index in [-0.39, 0.29) is 18.4 Å². The molecule has 6 heteroatoms. The highest BCUT2D eigenvalue weighted by molar-refractivity contribution is 8.00. The Labute approximate surface area is 218 Å². The van der Waals surface area contributed by atoms with E-state index in [0.717, 1.165) is 22.4 Å². The summed E-state index contributed by atoms with van der Waals surface area (Å²) in [5.74, 6) is 0.677. The van der Waals surface area contributed by atoms with Gasteiger partial charge < -0.3 is 15.4 Å². The highest BCUT2D eigenvalue weighted by atomic mass is 32.2. The molecule has 188 valence electrons. The molecule has 3 rings (SSSR count). The van der Waals surface area contributed by atoms with Crippen molar-refractivity contribution in [3.63, 3.8) is 0 Å². The molecule has 0 aliphatic carbocycles. The first-order valence-electron chi connectivity index (χ1n) is 12.2. The summed E-state index contributed by atoms with van der Waals surface area (Å²) in [6.45, 7) is 4.83. The highest BCUT2D eigenvalue weighted by Crippen LogP contribution is 2.19. The Hall–Kier alpha value is -3.51. The predicted octanol–water partition coefficient (Wildman–Crippen LogP) is 6.32. The van der Waals surface area contributed by atoms with Crippen LogP contribution < -0.4 is 10.6 Å². The molecule has 5 nitrogen and oxygen atoms in total. The molecule has 0 heterocycles. The zero-order valence-corrected chi connectivity index (χ0v) is 21.7. The minimum Gasteiger partial charge on any atom is -0.445 e. The highest BCUT2D eigenvalue weighted by Gasteiger charge is 2.18. The summed E-state index contributed by atoms with van der Waals surface area (Å²) in [5, 5.41) is 6.28. The number of ketones is 1. The smallest absolute Gasteiger partial charge is 0.407 e. The average molecular weight is 503 g/mol. The van der Waals surface area contributed by atoms with Gasteiger partial charge in [-0.05, 0) is 41.7 Å². The van der Waals surface area contributed by atoms with Crippen LogP contribution in [0, 0.1) is 5.92 Å². The van der Waals surface area contributed by atoms with Crippen LogP contribution in [0.3, 0.4) is 0 Å². The van der Waals surface area contributed by atoms with E-state index in [4.69, 9.17) is 4.74 Å². The molecule has 0 saturated heterocycles. The minimum atomic E-state index is -0.467. The number of carbonyl (C=O) groups excluding carboxylic acids is 2. The second kappa shape index (κ2) is 14.8. The molecule has 36 heavy (non-hydrogen) atoms. The number of ether oxygens (including phenoxy) is 1. The van der Waals surface area contributed by atoms with Crippen molar-refractivity contribution in [2.45, 2.75) is 37.8 Å². The van der Waals surface area contributed by atoms with Gasteiger partial charge in [-0.25, -0.2) is 4.79 Å². The molecular weight excluding hydrogens is 468 g/mol. The van der Waals surface area contributed by atoms with Crippen LogP contribution in [-0.2, 0) is 16.1 Å². The molecular formula is C30H34N2O3S. The van der Waals surface area contributed by atoms with Crippen LogP contribution in [0.5, 0.6) is 0 Å². The molecule has 1 unspecified atom stereocenters. The summed E-state index contributed by atoms with van der Waals surface area (Å²) >= 11 is 1.51. The zero-order valence-electron chi connectivity index (χ0n) is 20.9. The maximum atomic E-state index is 13.2. The molecule has 0 fully saturated rings. The van der Waals surface area contributed by atoms with Gasteiger partial charge in [-0.3, -0.25) is 4.79 Å². The summed E-state index contributed by atoms with van der Waals surface area (Å²) in [6, 6.07) is 29.0. The minimum absolute atomic E-state index is 0.00246. The van der Waals surface area contributed by atoms with Gasteiger partial charge in [0.05, 0.1) is 11.4 Å². The first kappa shape index (κ1) is 27.1. The molecule has 3 aromatic rings. The standard InChI is InChI=1S/C30H34N2O3S/c1-23(2)18-26(32-30(34)35-21-25-14-8-4-9-15-25)20-31-28(19-24-12-6-3-7-13-24)29(33)22-36-27-16-10-5-11-17-27/h3-17,19,23,26,31H,18,20-22H2,1-2H3,(H,32,34). The van der Waals surface area contributed by atoms with Crippen LogP contribution in [0.1, 0.15) is 31.4 Å². The Balaban J connectivity index is 1.64. The van der Waals surface area contributed by atoms with Crippen LogP contribution in [-0.4, -0.2) is 30.2 Å². The van der Waals surface area contributed by atoms with Gasteiger partial charge in [-0.2, -0.15) is 0 Å². The van der Waals surface area contributed by atoms with E-state index in [9.17, 15) is 9.59 Å². The SMILES string of the molecule is CC(C)CC(CNC(=Cc1ccccc1)C(=O)CSc1ccccc1)NC(=O)OCc1ccccc1. The third-order valence-corrected chi connectivity index (χ3v) is 6.37. The first-order valence-corrected chi connectivity index (χ1v) is 13.2. The van der Waals surface area contributed by atoms with E-state index in [1.54, 1.807) is 0 Å². The largest absolute Gasteiger partial charge is 0.445 e. The number of allylic oxidation sites excluding steroid dienone is 1. The van der Waals surface area contributed by atoms with Gasteiger partial charge in [-0.1, -0.05) is 92.7 Å². The Morgan fingerprint density at radius 3 is 2.14 bits per heavy atom. The number of nitrogens with one attached hydrogen (secondary N) is 2. The number of benzene rings is 3. The Kier molecular flexibility index (Phi) is 11.1.